The van der Waals surface area contributed by atoms with Gasteiger partial charge >= 0.3 is 0 Å². The van der Waals surface area contributed by atoms with Gasteiger partial charge < -0.3 is 24.8 Å². The molecule has 2 amide bonds. The largest absolute Gasteiger partial charge is 0.497 e. The number of ether oxygens (including phenoxy) is 1. The highest BCUT2D eigenvalue weighted by molar-refractivity contribution is 6.01. The van der Waals surface area contributed by atoms with Crippen LogP contribution in [0.3, 0.4) is 0 Å². The number of hydrogen-bond donors (Lipinski definition) is 1. The van der Waals surface area contributed by atoms with Crippen molar-refractivity contribution in [2.24, 2.45) is 11.1 Å². The van der Waals surface area contributed by atoms with Gasteiger partial charge in [0.25, 0.3) is 0 Å². The lowest BCUT2D eigenvalue weighted by molar-refractivity contribution is -0.159. The first-order valence-electron chi connectivity index (χ1n) is 15.0. The van der Waals surface area contributed by atoms with Gasteiger partial charge in [-0.3, -0.25) is 9.59 Å². The van der Waals surface area contributed by atoms with E-state index in [1.807, 2.05) is 12.1 Å². The number of aromatic nitrogens is 1. The summed E-state index contributed by atoms with van der Waals surface area (Å²) in [4.78, 5) is 31.5. The highest BCUT2D eigenvalue weighted by atomic mass is 16.5. The molecule has 2 aromatic carbocycles. The number of fused-ring (bicyclic) bond motifs is 9. The summed E-state index contributed by atoms with van der Waals surface area (Å²) in [5.74, 6) is 1.38. The highest BCUT2D eigenvalue weighted by Gasteiger charge is 2.66. The lowest BCUT2D eigenvalue weighted by Crippen LogP contribution is -2.70. The first kappa shape index (κ1) is 24.5. The molecule has 7 heteroatoms. The minimum absolute atomic E-state index is 0.164. The molecule has 2 aliphatic carbocycles. The Bertz CT molecular complexity index is 1560. The number of piperazine rings is 1. The fourth-order valence-electron chi connectivity index (χ4n) is 8.84. The number of primary amides is 1. The molecule has 3 aliphatic heterocycles. The zero-order valence-corrected chi connectivity index (χ0v) is 23.5. The highest BCUT2D eigenvalue weighted by Crippen LogP contribution is 2.67. The number of hydrogen-bond acceptors (Lipinski definition) is 4. The maximum atomic E-state index is 14.6. The predicted molar refractivity (Wildman–Crippen MR) is 155 cm³/mol. The molecule has 0 spiro atoms. The minimum Gasteiger partial charge on any atom is -0.497 e. The van der Waals surface area contributed by atoms with Crippen molar-refractivity contribution in [2.75, 3.05) is 27.2 Å². The Kier molecular flexibility index (Phi) is 5.26. The lowest BCUT2D eigenvalue weighted by atomic mass is 9.81. The fraction of sp³-hybridized carbons (Fsp3) is 0.515. The number of likely N-dealkylation sites (N-methyl/N-ethyl adjacent to an activating group) is 1. The molecule has 40 heavy (non-hydrogen) atoms. The molecule has 0 radical (unpaired) electrons. The third kappa shape index (κ3) is 3.33. The second-order valence-corrected chi connectivity index (χ2v) is 13.1. The maximum absolute atomic E-state index is 14.6. The van der Waals surface area contributed by atoms with Crippen LogP contribution < -0.4 is 10.5 Å². The monoisotopic (exact) mass is 538 g/mol. The second kappa shape index (κ2) is 8.59. The number of piperidine rings is 1. The summed E-state index contributed by atoms with van der Waals surface area (Å²) in [7, 11) is 3.88. The fourth-order valence-corrected chi connectivity index (χ4v) is 8.84. The summed E-state index contributed by atoms with van der Waals surface area (Å²) >= 11 is 0. The van der Waals surface area contributed by atoms with Crippen LogP contribution in [0.5, 0.6) is 5.75 Å². The molecule has 4 atom stereocenters. The lowest BCUT2D eigenvalue weighted by Gasteiger charge is -2.56. The van der Waals surface area contributed by atoms with Gasteiger partial charge in [-0.1, -0.05) is 25.3 Å². The van der Waals surface area contributed by atoms with Gasteiger partial charge in [-0.2, -0.15) is 0 Å². The summed E-state index contributed by atoms with van der Waals surface area (Å²) in [5, 5.41) is 1.21. The van der Waals surface area contributed by atoms with Gasteiger partial charge in [0.1, 0.15) is 5.75 Å². The molecule has 3 aromatic rings. The molecule has 2 N–H and O–H groups in total. The van der Waals surface area contributed by atoms with Crippen molar-refractivity contribution in [3.05, 3.63) is 53.1 Å². The van der Waals surface area contributed by atoms with Crippen LogP contribution in [0.4, 0.5) is 0 Å². The molecule has 2 unspecified atom stereocenters. The second-order valence-electron chi connectivity index (χ2n) is 13.1. The molecule has 2 saturated carbocycles. The Morgan fingerprint density at radius 2 is 1.80 bits per heavy atom. The van der Waals surface area contributed by atoms with Gasteiger partial charge in [0, 0.05) is 59.7 Å². The summed E-state index contributed by atoms with van der Waals surface area (Å²) in [5.41, 5.74) is 12.0. The zero-order chi connectivity index (χ0) is 27.3. The van der Waals surface area contributed by atoms with Gasteiger partial charge in [-0.05, 0) is 80.1 Å². The molecule has 4 heterocycles. The number of nitrogens with two attached hydrogens (primary N) is 1. The molecule has 2 saturated heterocycles. The van der Waals surface area contributed by atoms with E-state index in [9.17, 15) is 9.59 Å². The summed E-state index contributed by atoms with van der Waals surface area (Å²) in [6, 6.07) is 13.1. The van der Waals surface area contributed by atoms with Crippen LogP contribution in [-0.4, -0.2) is 65.5 Å². The minimum atomic E-state index is -0.474. The maximum Gasteiger partial charge on any atom is 0.248 e. The normalized spacial score (nSPS) is 29.1. The standard InChI is InChI=1S/C33H38N4O3/c1-35-16-21-13-22(17-35)37(21)32(39)33-15-27(33)26-14-23(40-2)9-11-24(26)30-29(19-6-4-3-5-7-19)25-10-8-20(31(34)38)12-28(25)36(30)18-33/h8-12,14,19,21-22,27H,3-7,13,15-18H2,1-2H3,(H2,34,38)/t21-,22+,27?,33?. The number of carbonyl (C=O) groups excluding carboxylic acids is 2. The number of carbonyl (C=O) groups is 2. The van der Waals surface area contributed by atoms with E-state index in [0.717, 1.165) is 37.2 Å². The Hall–Kier alpha value is -3.32. The molecule has 208 valence electrons. The van der Waals surface area contributed by atoms with E-state index in [0.29, 0.717) is 36.0 Å². The zero-order valence-electron chi connectivity index (χ0n) is 23.5. The Balaban J connectivity index is 1.35. The first-order valence-corrected chi connectivity index (χ1v) is 15.0. The molecule has 1 aromatic heterocycles. The van der Waals surface area contributed by atoms with Crippen LogP contribution in [0, 0.1) is 5.41 Å². The SMILES string of the molecule is COc1ccc2c(c1)C1CC1(C(=O)N1[C@@H]3C[C@H]1CN(C)C3)Cn1c-2c(C2CCCCC2)c2ccc(C(N)=O)cc21. The van der Waals surface area contributed by atoms with Crippen molar-refractivity contribution in [3.63, 3.8) is 0 Å². The van der Waals surface area contributed by atoms with E-state index >= 15 is 0 Å². The third-order valence-corrected chi connectivity index (χ3v) is 10.8. The quantitative estimate of drug-likeness (QED) is 0.514. The number of amides is 2. The summed E-state index contributed by atoms with van der Waals surface area (Å²) in [6.45, 7) is 2.55. The Morgan fingerprint density at radius 3 is 2.52 bits per heavy atom. The third-order valence-electron chi connectivity index (χ3n) is 10.8. The summed E-state index contributed by atoms with van der Waals surface area (Å²) < 4.78 is 8.12. The number of nitrogens with zero attached hydrogens (tertiary/aromatic N) is 3. The van der Waals surface area contributed by atoms with Crippen molar-refractivity contribution in [1.82, 2.24) is 14.4 Å². The smallest absolute Gasteiger partial charge is 0.248 e. The molecular formula is C33H38N4O3. The van der Waals surface area contributed by atoms with Crippen molar-refractivity contribution < 1.29 is 14.3 Å². The molecule has 4 fully saturated rings. The van der Waals surface area contributed by atoms with Crippen LogP contribution >= 0.6 is 0 Å². The van der Waals surface area contributed by atoms with Gasteiger partial charge in [-0.15, -0.1) is 0 Å². The molecular weight excluding hydrogens is 500 g/mol. The molecule has 2 bridgehead atoms. The number of benzene rings is 2. The van der Waals surface area contributed by atoms with Gasteiger partial charge in [-0.25, -0.2) is 0 Å². The van der Waals surface area contributed by atoms with Crippen LogP contribution in [0.25, 0.3) is 22.2 Å². The number of methoxy groups -OCH3 is 1. The van der Waals surface area contributed by atoms with Gasteiger partial charge in [0.2, 0.25) is 11.8 Å². The van der Waals surface area contributed by atoms with E-state index < -0.39 is 11.3 Å². The van der Waals surface area contributed by atoms with Crippen molar-refractivity contribution in [3.8, 4) is 17.0 Å². The van der Waals surface area contributed by atoms with E-state index in [-0.39, 0.29) is 5.92 Å². The van der Waals surface area contributed by atoms with Crippen LogP contribution in [-0.2, 0) is 11.3 Å². The van der Waals surface area contributed by atoms with Crippen LogP contribution in [0.2, 0.25) is 0 Å². The summed E-state index contributed by atoms with van der Waals surface area (Å²) in [6.07, 6.45) is 8.08. The Labute approximate surface area is 235 Å². The van der Waals surface area contributed by atoms with Crippen molar-refractivity contribution >= 4 is 22.7 Å². The van der Waals surface area contributed by atoms with E-state index in [2.05, 4.69) is 45.7 Å². The molecule has 8 rings (SSSR count). The van der Waals surface area contributed by atoms with Gasteiger partial charge in [0.15, 0.2) is 0 Å². The van der Waals surface area contributed by atoms with E-state index in [1.54, 1.807) is 7.11 Å². The average molecular weight is 539 g/mol. The van der Waals surface area contributed by atoms with Crippen LogP contribution in [0.1, 0.15) is 78.3 Å². The van der Waals surface area contributed by atoms with Crippen molar-refractivity contribution in [2.45, 2.75) is 75.4 Å². The first-order chi connectivity index (χ1) is 19.4. The number of likely N-dealkylation sites (tertiary alicyclic amines) is 2. The van der Waals surface area contributed by atoms with Crippen LogP contribution in [0.15, 0.2) is 36.4 Å². The van der Waals surface area contributed by atoms with E-state index in [4.69, 9.17) is 10.5 Å². The molecule has 5 aliphatic rings. The predicted octanol–water partition coefficient (Wildman–Crippen LogP) is 4.87. The number of rotatable bonds is 4. The van der Waals surface area contributed by atoms with E-state index in [1.165, 1.54) is 59.9 Å². The topological polar surface area (TPSA) is 80.8 Å². The Morgan fingerprint density at radius 1 is 1.02 bits per heavy atom. The van der Waals surface area contributed by atoms with Crippen molar-refractivity contribution in [1.29, 1.82) is 0 Å². The molecule has 7 nitrogen and oxygen atoms in total. The van der Waals surface area contributed by atoms with Gasteiger partial charge in [0.05, 0.1) is 18.2 Å². The average Bonchev–Trinajstić information content (AvgIpc) is 3.63.